The van der Waals surface area contributed by atoms with Crippen molar-refractivity contribution >= 4 is 27.7 Å². The predicted molar refractivity (Wildman–Crippen MR) is 83.0 cm³/mol. The Morgan fingerprint density at radius 3 is 2.70 bits per heavy atom. The number of amides is 1. The molecule has 0 bridgehead atoms. The number of oxime groups is 1. The average molecular weight is 342 g/mol. The number of halogens is 1. The average Bonchev–Trinajstić information content (AvgIpc) is 2.45. The lowest BCUT2D eigenvalue weighted by atomic mass is 10.1. The lowest BCUT2D eigenvalue weighted by Crippen LogP contribution is -2.38. The van der Waals surface area contributed by atoms with Gasteiger partial charge in [-0.1, -0.05) is 34.1 Å². The highest BCUT2D eigenvalue weighted by atomic mass is 79.9. The minimum atomic E-state index is -0.196. The van der Waals surface area contributed by atoms with Crippen LogP contribution < -0.4 is 5.73 Å². The van der Waals surface area contributed by atoms with Gasteiger partial charge in [-0.2, -0.15) is 0 Å². The van der Waals surface area contributed by atoms with E-state index in [1.165, 1.54) is 0 Å². The van der Waals surface area contributed by atoms with Gasteiger partial charge in [0.05, 0.1) is 0 Å². The minimum Gasteiger partial charge on any atom is -0.409 e. The van der Waals surface area contributed by atoms with Gasteiger partial charge in [0.1, 0.15) is 5.84 Å². The third-order valence-corrected chi connectivity index (χ3v) is 4.06. The SMILES string of the molecule is CCN(CC(C)/C(N)=N/O)C(=O)c1ccc(C)c(Br)c1. The number of hydrogen-bond donors (Lipinski definition) is 2. The highest BCUT2D eigenvalue weighted by Crippen LogP contribution is 2.19. The number of hydrogen-bond acceptors (Lipinski definition) is 3. The van der Waals surface area contributed by atoms with Crippen LogP contribution in [0.2, 0.25) is 0 Å². The summed E-state index contributed by atoms with van der Waals surface area (Å²) in [5.74, 6) is -0.134. The molecule has 0 heterocycles. The monoisotopic (exact) mass is 341 g/mol. The number of nitrogens with zero attached hydrogens (tertiary/aromatic N) is 2. The maximum atomic E-state index is 12.4. The quantitative estimate of drug-likeness (QED) is 0.374. The molecule has 0 aliphatic rings. The molecule has 110 valence electrons. The Balaban J connectivity index is 2.89. The molecule has 0 fully saturated rings. The smallest absolute Gasteiger partial charge is 0.253 e. The first-order valence-electron chi connectivity index (χ1n) is 6.43. The number of amidine groups is 1. The summed E-state index contributed by atoms with van der Waals surface area (Å²) < 4.78 is 0.906. The molecule has 1 aromatic rings. The van der Waals surface area contributed by atoms with E-state index >= 15 is 0 Å². The predicted octanol–water partition coefficient (Wildman–Crippen LogP) is 2.60. The van der Waals surface area contributed by atoms with Crippen molar-refractivity contribution in [3.63, 3.8) is 0 Å². The summed E-state index contributed by atoms with van der Waals surface area (Å²) in [6.07, 6.45) is 0. The Morgan fingerprint density at radius 1 is 1.55 bits per heavy atom. The minimum absolute atomic E-state index is 0.0641. The van der Waals surface area contributed by atoms with Crippen molar-refractivity contribution in [1.29, 1.82) is 0 Å². The van der Waals surface area contributed by atoms with E-state index in [0.29, 0.717) is 18.7 Å². The van der Waals surface area contributed by atoms with Crippen LogP contribution in [0.25, 0.3) is 0 Å². The molecule has 1 unspecified atom stereocenters. The number of carbonyl (C=O) groups excluding carboxylic acids is 1. The van der Waals surface area contributed by atoms with Gasteiger partial charge in [0.15, 0.2) is 0 Å². The van der Waals surface area contributed by atoms with Crippen LogP contribution in [-0.2, 0) is 0 Å². The van der Waals surface area contributed by atoms with Crippen LogP contribution in [0, 0.1) is 12.8 Å². The van der Waals surface area contributed by atoms with Gasteiger partial charge in [0.2, 0.25) is 0 Å². The van der Waals surface area contributed by atoms with Gasteiger partial charge in [-0.05, 0) is 31.5 Å². The molecule has 0 aliphatic heterocycles. The molecule has 5 nitrogen and oxygen atoms in total. The molecule has 20 heavy (non-hydrogen) atoms. The van der Waals surface area contributed by atoms with Gasteiger partial charge >= 0.3 is 0 Å². The molecule has 0 aromatic heterocycles. The zero-order chi connectivity index (χ0) is 15.3. The number of benzene rings is 1. The summed E-state index contributed by atoms with van der Waals surface area (Å²) in [6.45, 7) is 6.66. The van der Waals surface area contributed by atoms with Crippen molar-refractivity contribution in [1.82, 2.24) is 4.90 Å². The standard InChI is InChI=1S/C14H20BrN3O2/c1-4-18(8-10(3)13(16)17-20)14(19)11-6-5-9(2)12(15)7-11/h5-7,10,20H,4,8H2,1-3H3,(H2,16,17). The summed E-state index contributed by atoms with van der Waals surface area (Å²) in [4.78, 5) is 14.1. The first-order valence-corrected chi connectivity index (χ1v) is 7.22. The fourth-order valence-electron chi connectivity index (χ4n) is 1.79. The van der Waals surface area contributed by atoms with E-state index in [9.17, 15) is 4.79 Å². The number of aryl methyl sites for hydroxylation is 1. The van der Waals surface area contributed by atoms with E-state index in [-0.39, 0.29) is 17.7 Å². The molecule has 1 amide bonds. The molecule has 3 N–H and O–H groups in total. The summed E-state index contributed by atoms with van der Waals surface area (Å²) in [7, 11) is 0. The Morgan fingerprint density at radius 2 is 2.20 bits per heavy atom. The van der Waals surface area contributed by atoms with Crippen LogP contribution in [0.1, 0.15) is 29.8 Å². The first-order chi connectivity index (χ1) is 9.40. The number of nitrogens with two attached hydrogens (primary N) is 1. The van der Waals surface area contributed by atoms with E-state index in [2.05, 4.69) is 21.1 Å². The number of rotatable bonds is 5. The van der Waals surface area contributed by atoms with Crippen molar-refractivity contribution in [2.24, 2.45) is 16.8 Å². The molecule has 0 radical (unpaired) electrons. The van der Waals surface area contributed by atoms with Crippen LogP contribution in [0.4, 0.5) is 0 Å². The third kappa shape index (κ3) is 3.96. The highest BCUT2D eigenvalue weighted by molar-refractivity contribution is 9.10. The summed E-state index contributed by atoms with van der Waals surface area (Å²) in [6, 6.07) is 5.52. The Hall–Kier alpha value is -1.56. The van der Waals surface area contributed by atoms with Gasteiger partial charge in [-0.25, -0.2) is 0 Å². The lowest BCUT2D eigenvalue weighted by Gasteiger charge is -2.24. The maximum absolute atomic E-state index is 12.4. The second-order valence-electron chi connectivity index (χ2n) is 4.73. The van der Waals surface area contributed by atoms with Crippen LogP contribution >= 0.6 is 15.9 Å². The van der Waals surface area contributed by atoms with Gasteiger partial charge < -0.3 is 15.8 Å². The molecule has 0 aliphatic carbocycles. The summed E-state index contributed by atoms with van der Waals surface area (Å²) in [5.41, 5.74) is 7.26. The van der Waals surface area contributed by atoms with Crippen molar-refractivity contribution < 1.29 is 10.0 Å². The van der Waals surface area contributed by atoms with Crippen LogP contribution in [-0.4, -0.2) is 34.9 Å². The molecule has 1 atom stereocenters. The zero-order valence-corrected chi connectivity index (χ0v) is 13.5. The zero-order valence-electron chi connectivity index (χ0n) is 11.9. The van der Waals surface area contributed by atoms with Gasteiger partial charge in [0.25, 0.3) is 5.91 Å². The molecule has 0 saturated heterocycles. The highest BCUT2D eigenvalue weighted by Gasteiger charge is 2.19. The molecule has 0 spiro atoms. The fraction of sp³-hybridized carbons (Fsp3) is 0.429. The second kappa shape index (κ2) is 7.28. The van der Waals surface area contributed by atoms with Crippen LogP contribution in [0.15, 0.2) is 27.8 Å². The van der Waals surface area contributed by atoms with E-state index in [4.69, 9.17) is 10.9 Å². The summed E-state index contributed by atoms with van der Waals surface area (Å²) >= 11 is 3.43. The summed E-state index contributed by atoms with van der Waals surface area (Å²) in [5, 5.41) is 11.6. The molecule has 1 aromatic carbocycles. The lowest BCUT2D eigenvalue weighted by molar-refractivity contribution is 0.0753. The molecular weight excluding hydrogens is 322 g/mol. The number of carbonyl (C=O) groups is 1. The molecule has 6 heteroatoms. The first kappa shape index (κ1) is 16.5. The van der Waals surface area contributed by atoms with Gasteiger partial charge in [0, 0.05) is 29.0 Å². The van der Waals surface area contributed by atoms with Gasteiger partial charge in [-0.15, -0.1) is 0 Å². The van der Waals surface area contributed by atoms with E-state index in [1.807, 2.05) is 32.9 Å². The van der Waals surface area contributed by atoms with E-state index in [0.717, 1.165) is 10.0 Å². The van der Waals surface area contributed by atoms with Crippen LogP contribution in [0.5, 0.6) is 0 Å². The van der Waals surface area contributed by atoms with Crippen LogP contribution in [0.3, 0.4) is 0 Å². The fourth-order valence-corrected chi connectivity index (χ4v) is 2.17. The molecule has 0 saturated carbocycles. The largest absolute Gasteiger partial charge is 0.409 e. The van der Waals surface area contributed by atoms with Gasteiger partial charge in [-0.3, -0.25) is 4.79 Å². The Labute approximate surface area is 127 Å². The topological polar surface area (TPSA) is 78.9 Å². The Bertz CT molecular complexity index is 517. The Kier molecular flexibility index (Phi) is 6.01. The maximum Gasteiger partial charge on any atom is 0.253 e. The molecular formula is C14H20BrN3O2. The van der Waals surface area contributed by atoms with E-state index < -0.39 is 0 Å². The van der Waals surface area contributed by atoms with Crippen molar-refractivity contribution in [2.75, 3.05) is 13.1 Å². The second-order valence-corrected chi connectivity index (χ2v) is 5.59. The van der Waals surface area contributed by atoms with E-state index in [1.54, 1.807) is 11.0 Å². The molecule has 1 rings (SSSR count). The third-order valence-electron chi connectivity index (χ3n) is 3.20. The normalized spacial score (nSPS) is 13.1. The van der Waals surface area contributed by atoms with Crippen molar-refractivity contribution in [3.8, 4) is 0 Å². The van der Waals surface area contributed by atoms with Crippen molar-refractivity contribution in [3.05, 3.63) is 33.8 Å². The van der Waals surface area contributed by atoms with Crippen molar-refractivity contribution in [2.45, 2.75) is 20.8 Å².